The molecule has 0 radical (unpaired) electrons. The van der Waals surface area contributed by atoms with Crippen molar-refractivity contribution < 1.29 is 15.0 Å². The minimum Gasteiger partial charge on any atom is -0.390 e. The maximum absolute atomic E-state index is 12.5. The minimum atomic E-state index is -1.21. The van der Waals surface area contributed by atoms with E-state index in [1.54, 1.807) is 0 Å². The van der Waals surface area contributed by atoms with Crippen LogP contribution in [0.2, 0.25) is 0 Å². The maximum atomic E-state index is 12.5. The number of aliphatic hydroxyl groups excluding tert-OH is 2. The van der Waals surface area contributed by atoms with Crippen LogP contribution in [0.4, 0.5) is 5.82 Å². The van der Waals surface area contributed by atoms with Gasteiger partial charge in [-0.25, -0.2) is 14.6 Å². The van der Waals surface area contributed by atoms with E-state index >= 15 is 0 Å². The van der Waals surface area contributed by atoms with E-state index in [9.17, 15) is 15.0 Å². The molecule has 196 valence electrons. The molecule has 11 heteroatoms. The summed E-state index contributed by atoms with van der Waals surface area (Å²) < 4.78 is 1.53. The molecular formula is C27H29N7O3S. The number of aromatic nitrogens is 5. The lowest BCUT2D eigenvalue weighted by molar-refractivity contribution is -0.128. The first-order chi connectivity index (χ1) is 18.5. The Balaban J connectivity index is 1.34. The van der Waals surface area contributed by atoms with Crippen LogP contribution in [0.25, 0.3) is 11.2 Å². The fourth-order valence-electron chi connectivity index (χ4n) is 5.19. The molecule has 2 aromatic carbocycles. The van der Waals surface area contributed by atoms with Crippen LogP contribution in [0.1, 0.15) is 37.3 Å². The number of amides is 1. The average Bonchev–Trinajstić information content (AvgIpc) is 3.47. The molecule has 0 spiro atoms. The van der Waals surface area contributed by atoms with Crippen LogP contribution in [0.15, 0.2) is 70.7 Å². The second kappa shape index (κ2) is 10.3. The Kier molecular flexibility index (Phi) is 6.73. The summed E-state index contributed by atoms with van der Waals surface area (Å²) in [5.41, 5.74) is 2.22. The van der Waals surface area contributed by atoms with Gasteiger partial charge in [0.1, 0.15) is 6.10 Å². The van der Waals surface area contributed by atoms with Gasteiger partial charge in [-0.1, -0.05) is 53.7 Å². The van der Waals surface area contributed by atoms with Gasteiger partial charge >= 0.3 is 0 Å². The van der Waals surface area contributed by atoms with Crippen molar-refractivity contribution in [3.63, 3.8) is 0 Å². The van der Waals surface area contributed by atoms with Crippen LogP contribution >= 0.6 is 11.8 Å². The lowest BCUT2D eigenvalue weighted by atomic mass is 10.0. The molecule has 0 saturated heterocycles. The Morgan fingerprint density at radius 1 is 1.03 bits per heavy atom. The van der Waals surface area contributed by atoms with Crippen molar-refractivity contribution in [2.75, 3.05) is 11.9 Å². The Bertz CT molecular complexity index is 1430. The first kappa shape index (κ1) is 24.8. The number of aliphatic hydroxyl groups is 2. The average molecular weight is 532 g/mol. The van der Waals surface area contributed by atoms with Gasteiger partial charge in [-0.2, -0.15) is 0 Å². The van der Waals surface area contributed by atoms with Crippen LogP contribution < -0.4 is 10.6 Å². The first-order valence-electron chi connectivity index (χ1n) is 12.8. The molecule has 2 saturated carbocycles. The van der Waals surface area contributed by atoms with Gasteiger partial charge < -0.3 is 20.8 Å². The van der Waals surface area contributed by atoms with Crippen LogP contribution in [0.3, 0.4) is 0 Å². The number of hydrogen-bond donors (Lipinski definition) is 4. The van der Waals surface area contributed by atoms with Crippen LogP contribution in [0.5, 0.6) is 0 Å². The number of benzene rings is 2. The summed E-state index contributed by atoms with van der Waals surface area (Å²) in [5.74, 6) is -0.0728. The summed E-state index contributed by atoms with van der Waals surface area (Å²) in [7, 11) is 0. The molecule has 2 fully saturated rings. The van der Waals surface area contributed by atoms with Gasteiger partial charge in [0.25, 0.3) is 0 Å². The molecule has 2 heterocycles. The summed E-state index contributed by atoms with van der Waals surface area (Å²) >= 11 is 1.42. The highest BCUT2D eigenvalue weighted by atomic mass is 32.2. The summed E-state index contributed by atoms with van der Waals surface area (Å²) in [6.07, 6.45) is -1.19. The molecule has 0 aliphatic heterocycles. The molecule has 0 bridgehead atoms. The van der Waals surface area contributed by atoms with E-state index in [-0.39, 0.29) is 18.4 Å². The molecular weight excluding hydrogens is 502 g/mol. The molecule has 38 heavy (non-hydrogen) atoms. The van der Waals surface area contributed by atoms with Gasteiger partial charge in [0, 0.05) is 23.4 Å². The second-order valence-electron chi connectivity index (χ2n) is 9.77. The molecule has 10 nitrogen and oxygen atoms in total. The highest BCUT2D eigenvalue weighted by Crippen LogP contribution is 2.44. The number of nitrogens with one attached hydrogen (secondary N) is 2. The topological polar surface area (TPSA) is 138 Å². The summed E-state index contributed by atoms with van der Waals surface area (Å²) in [5, 5.41) is 37.0. The minimum absolute atomic E-state index is 0.205. The number of carbonyl (C=O) groups excluding carboxylic acids is 1. The Labute approximate surface area is 223 Å². The standard InChI is InChI=1S/C27H29N7O3S/c1-2-28-26(37)18-14-20(23(36)22(18)35)34-25-21(32-33-34)24(29-19-13-17(19)15-9-5-3-6-10-15)30-27(31-25)38-16-11-7-4-8-12-16/h3-12,17-20,22-23,35-36H,2,13-14H2,1H3,(H,28,37)(H,29,30,31)/t17?,18-,19?,20+,22+,23-/m1/s1. The monoisotopic (exact) mass is 531 g/mol. The van der Waals surface area contributed by atoms with E-state index in [4.69, 9.17) is 9.97 Å². The predicted molar refractivity (Wildman–Crippen MR) is 143 cm³/mol. The zero-order chi connectivity index (χ0) is 26.2. The van der Waals surface area contributed by atoms with Crippen molar-refractivity contribution >= 4 is 34.7 Å². The van der Waals surface area contributed by atoms with Crippen molar-refractivity contribution in [1.82, 2.24) is 30.3 Å². The highest BCUT2D eigenvalue weighted by Gasteiger charge is 2.47. The first-order valence-corrected chi connectivity index (χ1v) is 13.7. The lowest BCUT2D eigenvalue weighted by Crippen LogP contribution is -2.38. The van der Waals surface area contributed by atoms with Gasteiger partial charge in [0.2, 0.25) is 5.91 Å². The molecule has 2 aromatic heterocycles. The fraction of sp³-hybridized carbons (Fsp3) is 0.370. The molecule has 4 N–H and O–H groups in total. The maximum Gasteiger partial charge on any atom is 0.225 e. The second-order valence-corrected chi connectivity index (χ2v) is 10.8. The highest BCUT2D eigenvalue weighted by molar-refractivity contribution is 7.99. The van der Waals surface area contributed by atoms with E-state index in [0.717, 1.165) is 11.3 Å². The number of carbonyl (C=O) groups is 1. The zero-order valence-electron chi connectivity index (χ0n) is 20.8. The molecule has 2 aliphatic carbocycles. The van der Waals surface area contributed by atoms with E-state index in [1.807, 2.05) is 55.5 Å². The van der Waals surface area contributed by atoms with E-state index in [2.05, 4.69) is 33.1 Å². The van der Waals surface area contributed by atoms with E-state index < -0.39 is 24.2 Å². The van der Waals surface area contributed by atoms with E-state index in [1.165, 1.54) is 22.0 Å². The van der Waals surface area contributed by atoms with E-state index in [0.29, 0.717) is 34.6 Å². The molecule has 2 unspecified atom stereocenters. The van der Waals surface area contributed by atoms with Gasteiger partial charge in [-0.15, -0.1) is 5.10 Å². The largest absolute Gasteiger partial charge is 0.390 e. The van der Waals surface area contributed by atoms with Crippen LogP contribution in [0, 0.1) is 5.92 Å². The lowest BCUT2D eigenvalue weighted by Gasteiger charge is -2.17. The normalized spacial score (nSPS) is 26.4. The van der Waals surface area contributed by atoms with Crippen molar-refractivity contribution in [3.05, 3.63) is 66.2 Å². The van der Waals surface area contributed by atoms with Crippen molar-refractivity contribution in [1.29, 1.82) is 0 Å². The van der Waals surface area contributed by atoms with Gasteiger partial charge in [0.15, 0.2) is 22.1 Å². The number of fused-ring (bicyclic) bond motifs is 1. The fourth-order valence-corrected chi connectivity index (χ4v) is 5.96. The Morgan fingerprint density at radius 2 is 1.76 bits per heavy atom. The Morgan fingerprint density at radius 3 is 2.50 bits per heavy atom. The van der Waals surface area contributed by atoms with Gasteiger partial charge in [-0.05, 0) is 49.2 Å². The quantitative estimate of drug-likeness (QED) is 0.253. The molecule has 4 aromatic rings. The number of anilines is 1. The van der Waals surface area contributed by atoms with Crippen molar-refractivity contribution in [3.8, 4) is 0 Å². The smallest absolute Gasteiger partial charge is 0.225 e. The van der Waals surface area contributed by atoms with Crippen molar-refractivity contribution in [2.45, 2.75) is 60.0 Å². The number of rotatable bonds is 8. The zero-order valence-corrected chi connectivity index (χ0v) is 21.6. The third-order valence-corrected chi connectivity index (χ3v) is 8.12. The van der Waals surface area contributed by atoms with Gasteiger partial charge in [0.05, 0.1) is 18.1 Å². The summed E-state index contributed by atoms with van der Waals surface area (Å²) in [6.45, 7) is 2.26. The Hall–Kier alpha value is -3.54. The SMILES string of the molecule is CCNC(=O)[C@@H]1C[C@H](n2nnc3c(NC4CC4c4ccccc4)nc(Sc4ccccc4)nc32)[C@@H](O)[C@H]1O. The summed E-state index contributed by atoms with van der Waals surface area (Å²) in [6, 6.07) is 19.8. The van der Waals surface area contributed by atoms with Crippen molar-refractivity contribution in [2.24, 2.45) is 5.92 Å². The molecule has 6 atom stereocenters. The van der Waals surface area contributed by atoms with Crippen LogP contribution in [-0.2, 0) is 4.79 Å². The third-order valence-electron chi connectivity index (χ3n) is 7.25. The molecule has 2 aliphatic rings. The molecule has 6 rings (SSSR count). The molecule has 1 amide bonds. The van der Waals surface area contributed by atoms with Gasteiger partial charge in [-0.3, -0.25) is 4.79 Å². The number of hydrogen-bond acceptors (Lipinski definition) is 9. The third kappa shape index (κ3) is 4.72. The van der Waals surface area contributed by atoms with Crippen LogP contribution in [-0.4, -0.2) is 65.9 Å². The predicted octanol–water partition coefficient (Wildman–Crippen LogP) is 2.76. The summed E-state index contributed by atoms with van der Waals surface area (Å²) in [4.78, 5) is 23.0. The number of nitrogens with zero attached hydrogens (tertiary/aromatic N) is 5.